The third-order valence-corrected chi connectivity index (χ3v) is 3.30. The number of carbonyl (C=O) groups is 1. The number of carbonyl (C=O) groups excluding carboxylic acids is 1. The SMILES string of the molecule is COCCCNC(=O)c1cnc(NCc2ccc(C)cc2)nc1. The maximum absolute atomic E-state index is 11.9. The van der Waals surface area contributed by atoms with Crippen LogP contribution in [0, 0.1) is 6.92 Å². The van der Waals surface area contributed by atoms with E-state index in [1.807, 2.05) is 0 Å². The summed E-state index contributed by atoms with van der Waals surface area (Å²) in [6.07, 6.45) is 3.82. The number of nitrogens with one attached hydrogen (secondary N) is 2. The molecule has 2 N–H and O–H groups in total. The number of amides is 1. The average Bonchev–Trinajstić information content (AvgIpc) is 2.58. The Morgan fingerprint density at radius 1 is 1.17 bits per heavy atom. The lowest BCUT2D eigenvalue weighted by atomic mass is 10.1. The maximum atomic E-state index is 11.9. The van der Waals surface area contributed by atoms with Gasteiger partial charge in [0.1, 0.15) is 0 Å². The van der Waals surface area contributed by atoms with Gasteiger partial charge in [0, 0.05) is 39.2 Å². The maximum Gasteiger partial charge on any atom is 0.254 e. The minimum atomic E-state index is -0.175. The minimum Gasteiger partial charge on any atom is -0.385 e. The Balaban J connectivity index is 1.81. The zero-order valence-corrected chi connectivity index (χ0v) is 13.5. The van der Waals surface area contributed by atoms with Crippen molar-refractivity contribution in [3.63, 3.8) is 0 Å². The molecule has 0 atom stereocenters. The van der Waals surface area contributed by atoms with Crippen LogP contribution in [0.15, 0.2) is 36.7 Å². The molecule has 0 aliphatic rings. The number of benzene rings is 1. The largest absolute Gasteiger partial charge is 0.385 e. The molecule has 0 spiro atoms. The van der Waals surface area contributed by atoms with E-state index in [0.29, 0.717) is 31.2 Å². The summed E-state index contributed by atoms with van der Waals surface area (Å²) >= 11 is 0. The van der Waals surface area contributed by atoms with Gasteiger partial charge in [-0.05, 0) is 18.9 Å². The fraction of sp³-hybridized carbons (Fsp3) is 0.353. The molecule has 0 unspecified atom stereocenters. The molecule has 1 amide bonds. The predicted octanol–water partition coefficient (Wildman–Crippen LogP) is 2.16. The Hall–Kier alpha value is -2.47. The van der Waals surface area contributed by atoms with Crippen LogP contribution in [0.4, 0.5) is 5.95 Å². The lowest BCUT2D eigenvalue weighted by Gasteiger charge is -2.07. The Labute approximate surface area is 136 Å². The van der Waals surface area contributed by atoms with Crippen LogP contribution in [0.3, 0.4) is 0 Å². The molecule has 2 aromatic rings. The summed E-state index contributed by atoms with van der Waals surface area (Å²) in [7, 11) is 1.64. The van der Waals surface area contributed by atoms with Crippen molar-refractivity contribution in [3.8, 4) is 0 Å². The monoisotopic (exact) mass is 314 g/mol. The summed E-state index contributed by atoms with van der Waals surface area (Å²) < 4.78 is 4.93. The number of ether oxygens (including phenoxy) is 1. The van der Waals surface area contributed by atoms with Gasteiger partial charge in [0.05, 0.1) is 5.56 Å². The summed E-state index contributed by atoms with van der Waals surface area (Å²) in [6, 6.07) is 8.25. The molecule has 0 aliphatic heterocycles. The predicted molar refractivity (Wildman–Crippen MR) is 89.4 cm³/mol. The molecule has 23 heavy (non-hydrogen) atoms. The van der Waals surface area contributed by atoms with Crippen LogP contribution >= 0.6 is 0 Å². The van der Waals surface area contributed by atoms with Crippen LogP contribution in [0.2, 0.25) is 0 Å². The van der Waals surface area contributed by atoms with Gasteiger partial charge in [0.25, 0.3) is 5.91 Å². The Morgan fingerprint density at radius 2 is 1.87 bits per heavy atom. The second-order valence-electron chi connectivity index (χ2n) is 5.24. The number of hydrogen-bond donors (Lipinski definition) is 2. The molecular weight excluding hydrogens is 292 g/mol. The smallest absolute Gasteiger partial charge is 0.254 e. The molecule has 122 valence electrons. The Morgan fingerprint density at radius 3 is 2.52 bits per heavy atom. The van der Waals surface area contributed by atoms with Crippen molar-refractivity contribution in [2.45, 2.75) is 19.9 Å². The molecular formula is C17H22N4O2. The van der Waals surface area contributed by atoms with E-state index in [1.165, 1.54) is 18.0 Å². The van der Waals surface area contributed by atoms with Gasteiger partial charge in [0.15, 0.2) is 0 Å². The number of methoxy groups -OCH3 is 1. The second-order valence-corrected chi connectivity index (χ2v) is 5.24. The average molecular weight is 314 g/mol. The van der Waals surface area contributed by atoms with Gasteiger partial charge in [0.2, 0.25) is 5.95 Å². The number of anilines is 1. The van der Waals surface area contributed by atoms with Crippen molar-refractivity contribution < 1.29 is 9.53 Å². The van der Waals surface area contributed by atoms with E-state index >= 15 is 0 Å². The van der Waals surface area contributed by atoms with Gasteiger partial charge in [-0.3, -0.25) is 4.79 Å². The van der Waals surface area contributed by atoms with Crippen LogP contribution in [-0.4, -0.2) is 36.1 Å². The molecule has 0 radical (unpaired) electrons. The van der Waals surface area contributed by atoms with Crippen LogP contribution < -0.4 is 10.6 Å². The zero-order chi connectivity index (χ0) is 16.5. The number of aromatic nitrogens is 2. The highest BCUT2D eigenvalue weighted by atomic mass is 16.5. The molecule has 0 saturated heterocycles. The van der Waals surface area contributed by atoms with E-state index in [0.717, 1.165) is 12.0 Å². The van der Waals surface area contributed by atoms with Gasteiger partial charge in [-0.1, -0.05) is 29.8 Å². The quantitative estimate of drug-likeness (QED) is 0.730. The molecule has 1 aromatic heterocycles. The number of rotatable bonds is 8. The number of aryl methyl sites for hydroxylation is 1. The molecule has 6 nitrogen and oxygen atoms in total. The number of hydrogen-bond acceptors (Lipinski definition) is 5. The molecule has 2 rings (SSSR count). The molecule has 0 bridgehead atoms. The molecule has 0 fully saturated rings. The van der Waals surface area contributed by atoms with Gasteiger partial charge in [-0.25, -0.2) is 9.97 Å². The van der Waals surface area contributed by atoms with E-state index in [2.05, 4.69) is 51.8 Å². The zero-order valence-electron chi connectivity index (χ0n) is 13.5. The van der Waals surface area contributed by atoms with Crippen LogP contribution in [-0.2, 0) is 11.3 Å². The highest BCUT2D eigenvalue weighted by Crippen LogP contribution is 2.06. The summed E-state index contributed by atoms with van der Waals surface area (Å²) in [4.78, 5) is 20.2. The lowest BCUT2D eigenvalue weighted by Crippen LogP contribution is -2.25. The molecule has 0 saturated carbocycles. The van der Waals surface area contributed by atoms with Crippen molar-refractivity contribution >= 4 is 11.9 Å². The van der Waals surface area contributed by atoms with Gasteiger partial charge in [-0.2, -0.15) is 0 Å². The second kappa shape index (κ2) is 8.85. The third kappa shape index (κ3) is 5.67. The van der Waals surface area contributed by atoms with E-state index in [4.69, 9.17) is 4.74 Å². The first-order valence-corrected chi connectivity index (χ1v) is 7.57. The first kappa shape index (κ1) is 16.9. The van der Waals surface area contributed by atoms with Gasteiger partial charge < -0.3 is 15.4 Å². The van der Waals surface area contributed by atoms with Crippen molar-refractivity contribution in [2.24, 2.45) is 0 Å². The third-order valence-electron chi connectivity index (χ3n) is 3.30. The van der Waals surface area contributed by atoms with Gasteiger partial charge in [-0.15, -0.1) is 0 Å². The highest BCUT2D eigenvalue weighted by Gasteiger charge is 2.06. The topological polar surface area (TPSA) is 76.1 Å². The fourth-order valence-corrected chi connectivity index (χ4v) is 1.94. The van der Waals surface area contributed by atoms with E-state index < -0.39 is 0 Å². The van der Waals surface area contributed by atoms with Crippen molar-refractivity contribution in [2.75, 3.05) is 25.6 Å². The molecule has 1 heterocycles. The summed E-state index contributed by atoms with van der Waals surface area (Å²) in [6.45, 7) is 3.89. The summed E-state index contributed by atoms with van der Waals surface area (Å²) in [5, 5.41) is 5.93. The summed E-state index contributed by atoms with van der Waals surface area (Å²) in [5.74, 6) is 0.327. The van der Waals surface area contributed by atoms with Crippen LogP contribution in [0.1, 0.15) is 27.9 Å². The van der Waals surface area contributed by atoms with Crippen LogP contribution in [0.25, 0.3) is 0 Å². The highest BCUT2D eigenvalue weighted by molar-refractivity contribution is 5.93. The van der Waals surface area contributed by atoms with E-state index in [-0.39, 0.29) is 5.91 Å². The van der Waals surface area contributed by atoms with Gasteiger partial charge >= 0.3 is 0 Å². The molecule has 1 aromatic carbocycles. The normalized spacial score (nSPS) is 10.3. The molecule has 0 aliphatic carbocycles. The minimum absolute atomic E-state index is 0.175. The number of nitrogens with zero attached hydrogens (tertiary/aromatic N) is 2. The molecule has 6 heteroatoms. The van der Waals surface area contributed by atoms with Crippen molar-refractivity contribution in [1.82, 2.24) is 15.3 Å². The first-order chi connectivity index (χ1) is 11.2. The fourth-order valence-electron chi connectivity index (χ4n) is 1.94. The van der Waals surface area contributed by atoms with Crippen molar-refractivity contribution in [1.29, 1.82) is 0 Å². The van der Waals surface area contributed by atoms with Crippen molar-refractivity contribution in [3.05, 3.63) is 53.3 Å². The summed E-state index contributed by atoms with van der Waals surface area (Å²) in [5.41, 5.74) is 2.83. The van der Waals surface area contributed by atoms with E-state index in [9.17, 15) is 4.79 Å². The van der Waals surface area contributed by atoms with Crippen LogP contribution in [0.5, 0.6) is 0 Å². The lowest BCUT2D eigenvalue weighted by molar-refractivity contribution is 0.0948. The Kier molecular flexibility index (Phi) is 6.50. The first-order valence-electron chi connectivity index (χ1n) is 7.57. The standard InChI is InChI=1S/C17H22N4O2/c1-13-4-6-14(7-5-13)10-19-17-20-11-15(12-21-17)16(22)18-8-3-9-23-2/h4-7,11-12H,3,8-10H2,1-2H3,(H,18,22)(H,19,20,21). The van der Waals surface area contributed by atoms with E-state index in [1.54, 1.807) is 7.11 Å². The Bertz CT molecular complexity index is 611.